The van der Waals surface area contributed by atoms with Crippen molar-refractivity contribution in [1.82, 2.24) is 5.32 Å². The molecule has 2 heterocycles. The normalized spacial score (nSPS) is 25.5. The van der Waals surface area contributed by atoms with Crippen LogP contribution in [0.3, 0.4) is 0 Å². The largest absolute Gasteiger partial charge is 0.493 e. The van der Waals surface area contributed by atoms with Crippen LogP contribution in [0.2, 0.25) is 0 Å². The molecule has 2 atom stereocenters. The quantitative estimate of drug-likeness (QED) is 0.882. The van der Waals surface area contributed by atoms with Crippen molar-refractivity contribution < 1.29 is 9.47 Å². The Morgan fingerprint density at radius 1 is 1.21 bits per heavy atom. The van der Waals surface area contributed by atoms with E-state index in [1.54, 1.807) is 14.2 Å². The van der Waals surface area contributed by atoms with Crippen molar-refractivity contribution >= 4 is 5.69 Å². The first-order chi connectivity index (χ1) is 9.24. The number of piperidine rings is 1. The van der Waals surface area contributed by atoms with Crippen molar-refractivity contribution in [2.75, 3.05) is 45.8 Å². The van der Waals surface area contributed by atoms with E-state index >= 15 is 0 Å². The van der Waals surface area contributed by atoms with Crippen LogP contribution in [-0.4, -0.2) is 40.9 Å². The highest BCUT2D eigenvalue weighted by atomic mass is 16.5. The molecule has 0 aliphatic carbocycles. The summed E-state index contributed by atoms with van der Waals surface area (Å²) in [5.74, 6) is 2.99. The molecule has 3 rings (SSSR count). The van der Waals surface area contributed by atoms with Gasteiger partial charge in [-0.3, -0.25) is 0 Å². The fourth-order valence-corrected chi connectivity index (χ4v) is 3.46. The van der Waals surface area contributed by atoms with Crippen molar-refractivity contribution in [2.24, 2.45) is 5.92 Å². The van der Waals surface area contributed by atoms with Crippen LogP contribution >= 0.6 is 0 Å². The highest BCUT2D eigenvalue weighted by Crippen LogP contribution is 2.45. The van der Waals surface area contributed by atoms with E-state index in [2.05, 4.69) is 29.4 Å². The van der Waals surface area contributed by atoms with E-state index in [9.17, 15) is 0 Å². The number of fused-ring (bicyclic) bond motifs is 3. The number of benzene rings is 1. The van der Waals surface area contributed by atoms with Crippen molar-refractivity contribution in [3.05, 3.63) is 17.7 Å². The third-order valence-corrected chi connectivity index (χ3v) is 4.48. The Hall–Kier alpha value is -1.42. The topological polar surface area (TPSA) is 33.7 Å². The lowest BCUT2D eigenvalue weighted by atomic mass is 9.77. The van der Waals surface area contributed by atoms with E-state index in [0.29, 0.717) is 5.92 Å². The molecular weight excluding hydrogens is 240 g/mol. The average molecular weight is 262 g/mol. The van der Waals surface area contributed by atoms with Gasteiger partial charge in [-0.15, -0.1) is 0 Å². The van der Waals surface area contributed by atoms with Crippen LogP contribution in [0.15, 0.2) is 12.1 Å². The molecular formula is C15H22N2O2. The van der Waals surface area contributed by atoms with Gasteiger partial charge in [-0.2, -0.15) is 0 Å². The Morgan fingerprint density at radius 2 is 1.95 bits per heavy atom. The predicted molar refractivity (Wildman–Crippen MR) is 76.5 cm³/mol. The summed E-state index contributed by atoms with van der Waals surface area (Å²) in [6.07, 6.45) is 1.25. The second kappa shape index (κ2) is 4.93. The van der Waals surface area contributed by atoms with Gasteiger partial charge in [0.25, 0.3) is 0 Å². The molecule has 2 aliphatic rings. The summed E-state index contributed by atoms with van der Waals surface area (Å²) < 4.78 is 10.9. The highest BCUT2D eigenvalue weighted by Gasteiger charge is 2.34. The molecule has 1 aromatic carbocycles. The standard InChI is InChI=1S/C15H22N2O2/c1-17-9-10-4-5-16-8-12(10)11-6-14(18-2)15(19-3)7-13(11)17/h6-7,10,12,16H,4-5,8-9H2,1-3H3. The van der Waals surface area contributed by atoms with Crippen LogP contribution in [0.4, 0.5) is 5.69 Å². The van der Waals surface area contributed by atoms with E-state index in [-0.39, 0.29) is 0 Å². The van der Waals surface area contributed by atoms with Gasteiger partial charge in [0.2, 0.25) is 0 Å². The van der Waals surface area contributed by atoms with Gasteiger partial charge in [-0.25, -0.2) is 0 Å². The summed E-state index contributed by atoms with van der Waals surface area (Å²) in [5.41, 5.74) is 2.67. The second-order valence-corrected chi connectivity index (χ2v) is 5.51. The first kappa shape index (κ1) is 12.6. The molecule has 0 radical (unpaired) electrons. The zero-order valence-corrected chi connectivity index (χ0v) is 11.9. The molecule has 1 fully saturated rings. The summed E-state index contributed by atoms with van der Waals surface area (Å²) in [4.78, 5) is 2.35. The van der Waals surface area contributed by atoms with Gasteiger partial charge in [-0.1, -0.05) is 0 Å². The van der Waals surface area contributed by atoms with Gasteiger partial charge in [0.1, 0.15) is 0 Å². The molecule has 0 bridgehead atoms. The smallest absolute Gasteiger partial charge is 0.162 e. The molecule has 19 heavy (non-hydrogen) atoms. The fraction of sp³-hybridized carbons (Fsp3) is 0.600. The molecule has 2 aliphatic heterocycles. The number of anilines is 1. The van der Waals surface area contributed by atoms with Crippen LogP contribution in [0.1, 0.15) is 17.9 Å². The van der Waals surface area contributed by atoms with Crippen LogP contribution in [0, 0.1) is 5.92 Å². The van der Waals surface area contributed by atoms with Gasteiger partial charge in [0.15, 0.2) is 11.5 Å². The average Bonchev–Trinajstić information content (AvgIpc) is 2.46. The first-order valence-corrected chi connectivity index (χ1v) is 6.92. The van der Waals surface area contributed by atoms with E-state index in [4.69, 9.17) is 9.47 Å². The van der Waals surface area contributed by atoms with Crippen LogP contribution in [-0.2, 0) is 0 Å². The van der Waals surface area contributed by atoms with Crippen LogP contribution < -0.4 is 19.7 Å². The molecule has 104 valence electrons. The molecule has 1 saturated heterocycles. The molecule has 0 spiro atoms. The fourth-order valence-electron chi connectivity index (χ4n) is 3.46. The van der Waals surface area contributed by atoms with Crippen molar-refractivity contribution in [3.8, 4) is 11.5 Å². The number of nitrogens with zero attached hydrogens (tertiary/aromatic N) is 1. The van der Waals surface area contributed by atoms with Crippen molar-refractivity contribution in [3.63, 3.8) is 0 Å². The van der Waals surface area contributed by atoms with Crippen LogP contribution in [0.25, 0.3) is 0 Å². The molecule has 4 heteroatoms. The number of methoxy groups -OCH3 is 2. The lowest BCUT2D eigenvalue weighted by Crippen LogP contribution is -2.44. The van der Waals surface area contributed by atoms with Gasteiger partial charge >= 0.3 is 0 Å². The highest BCUT2D eigenvalue weighted by molar-refractivity contribution is 5.64. The van der Waals surface area contributed by atoms with E-state index in [1.165, 1.54) is 17.7 Å². The maximum absolute atomic E-state index is 5.45. The van der Waals surface area contributed by atoms with E-state index < -0.39 is 0 Å². The monoisotopic (exact) mass is 262 g/mol. The number of hydrogen-bond donors (Lipinski definition) is 1. The number of ether oxygens (including phenoxy) is 2. The van der Waals surface area contributed by atoms with Gasteiger partial charge in [0, 0.05) is 37.8 Å². The van der Waals surface area contributed by atoms with Gasteiger partial charge < -0.3 is 19.7 Å². The molecule has 0 aromatic heterocycles. The Bertz CT molecular complexity index is 475. The van der Waals surface area contributed by atoms with Crippen molar-refractivity contribution in [1.29, 1.82) is 0 Å². The Labute approximate surface area is 114 Å². The minimum atomic E-state index is 0.597. The first-order valence-electron chi connectivity index (χ1n) is 6.92. The van der Waals surface area contributed by atoms with Crippen molar-refractivity contribution in [2.45, 2.75) is 12.3 Å². The summed E-state index contributed by atoms with van der Waals surface area (Å²) in [6.45, 7) is 3.34. The minimum Gasteiger partial charge on any atom is -0.493 e. The number of hydrogen-bond acceptors (Lipinski definition) is 4. The molecule has 1 N–H and O–H groups in total. The van der Waals surface area contributed by atoms with E-state index in [1.807, 2.05) is 0 Å². The summed E-state index contributed by atoms with van der Waals surface area (Å²) in [6, 6.07) is 4.27. The zero-order chi connectivity index (χ0) is 13.4. The molecule has 0 amide bonds. The second-order valence-electron chi connectivity index (χ2n) is 5.51. The SMILES string of the molecule is COc1cc2c(cc1OC)N(C)CC1CCNCC21. The van der Waals surface area contributed by atoms with Gasteiger partial charge in [-0.05, 0) is 30.5 Å². The minimum absolute atomic E-state index is 0.597. The third-order valence-electron chi connectivity index (χ3n) is 4.48. The number of rotatable bonds is 2. The maximum Gasteiger partial charge on any atom is 0.162 e. The maximum atomic E-state index is 5.45. The lowest BCUT2D eigenvalue weighted by molar-refractivity contribution is 0.312. The molecule has 4 nitrogen and oxygen atoms in total. The predicted octanol–water partition coefficient (Wildman–Crippen LogP) is 1.85. The molecule has 0 saturated carbocycles. The van der Waals surface area contributed by atoms with E-state index in [0.717, 1.165) is 37.1 Å². The zero-order valence-electron chi connectivity index (χ0n) is 11.9. The molecule has 1 aromatic rings. The summed E-state index contributed by atoms with van der Waals surface area (Å²) in [7, 11) is 5.56. The Kier molecular flexibility index (Phi) is 3.27. The Balaban J connectivity index is 2.07. The lowest BCUT2D eigenvalue weighted by Gasteiger charge is -2.42. The summed E-state index contributed by atoms with van der Waals surface area (Å²) >= 11 is 0. The number of nitrogens with one attached hydrogen (secondary N) is 1. The van der Waals surface area contributed by atoms with Crippen LogP contribution in [0.5, 0.6) is 11.5 Å². The molecule has 2 unspecified atom stereocenters. The summed E-state index contributed by atoms with van der Waals surface area (Å²) in [5, 5.41) is 3.52. The van der Waals surface area contributed by atoms with Gasteiger partial charge in [0.05, 0.1) is 14.2 Å². The Morgan fingerprint density at radius 3 is 2.68 bits per heavy atom. The third kappa shape index (κ3) is 2.04.